The summed E-state index contributed by atoms with van der Waals surface area (Å²) in [6.45, 7) is 5.27. The van der Waals surface area contributed by atoms with Gasteiger partial charge in [-0.2, -0.15) is 0 Å². The molecule has 1 unspecified atom stereocenters. The van der Waals surface area contributed by atoms with Crippen molar-refractivity contribution in [1.29, 1.82) is 0 Å². The summed E-state index contributed by atoms with van der Waals surface area (Å²) >= 11 is 12.9. The minimum atomic E-state index is 0.556. The van der Waals surface area contributed by atoms with Crippen molar-refractivity contribution in [2.75, 3.05) is 40.4 Å². The summed E-state index contributed by atoms with van der Waals surface area (Å²) in [5.74, 6) is 1.13. The molecule has 0 bridgehead atoms. The van der Waals surface area contributed by atoms with Gasteiger partial charge in [0.05, 0.1) is 24.3 Å². The zero-order valence-corrected chi connectivity index (χ0v) is 14.6. The fourth-order valence-corrected chi connectivity index (χ4v) is 4.16. The van der Waals surface area contributed by atoms with E-state index >= 15 is 0 Å². The molecule has 4 nitrogen and oxygen atoms in total. The van der Waals surface area contributed by atoms with E-state index in [1.807, 2.05) is 0 Å². The molecule has 0 amide bonds. The van der Waals surface area contributed by atoms with Gasteiger partial charge in [-0.1, -0.05) is 23.2 Å². The summed E-state index contributed by atoms with van der Waals surface area (Å²) in [6.07, 6.45) is 2.61. The Hall–Kier alpha value is -0.680. The number of halogens is 2. The molecule has 22 heavy (non-hydrogen) atoms. The lowest BCUT2D eigenvalue weighted by atomic mass is 10.1. The van der Waals surface area contributed by atoms with Gasteiger partial charge in [-0.25, -0.2) is 0 Å². The molecule has 122 valence electrons. The van der Waals surface area contributed by atoms with Gasteiger partial charge < -0.3 is 9.47 Å². The van der Waals surface area contributed by atoms with Crippen molar-refractivity contribution < 1.29 is 9.47 Å². The average molecular weight is 345 g/mol. The van der Waals surface area contributed by atoms with E-state index < -0.39 is 0 Å². The van der Waals surface area contributed by atoms with Crippen molar-refractivity contribution in [3.05, 3.63) is 21.7 Å². The van der Waals surface area contributed by atoms with Crippen molar-refractivity contribution in [3.8, 4) is 11.5 Å². The highest BCUT2D eigenvalue weighted by Gasteiger charge is 2.31. The summed E-state index contributed by atoms with van der Waals surface area (Å²) < 4.78 is 10.7. The maximum absolute atomic E-state index is 6.50. The topological polar surface area (TPSA) is 24.9 Å². The molecule has 1 atom stereocenters. The van der Waals surface area contributed by atoms with Crippen LogP contribution in [-0.4, -0.2) is 56.2 Å². The molecule has 2 saturated heterocycles. The van der Waals surface area contributed by atoms with Crippen LogP contribution in [-0.2, 0) is 6.54 Å². The number of piperazine rings is 1. The van der Waals surface area contributed by atoms with Gasteiger partial charge in [0.1, 0.15) is 0 Å². The second-order valence-electron chi connectivity index (χ2n) is 5.95. The molecule has 1 aromatic rings. The van der Waals surface area contributed by atoms with Crippen LogP contribution in [0.1, 0.15) is 18.4 Å². The lowest BCUT2D eigenvalue weighted by molar-refractivity contribution is 0.0993. The van der Waals surface area contributed by atoms with E-state index in [1.54, 1.807) is 20.3 Å². The van der Waals surface area contributed by atoms with Gasteiger partial charge in [0.15, 0.2) is 11.5 Å². The first-order valence-electron chi connectivity index (χ1n) is 7.69. The summed E-state index contributed by atoms with van der Waals surface area (Å²) in [7, 11) is 3.18. The molecular formula is C16H22Cl2N2O2. The molecule has 0 N–H and O–H groups in total. The van der Waals surface area contributed by atoms with Crippen LogP contribution in [0.3, 0.4) is 0 Å². The first-order valence-corrected chi connectivity index (χ1v) is 8.45. The third kappa shape index (κ3) is 3.02. The quantitative estimate of drug-likeness (QED) is 0.836. The molecule has 0 aliphatic carbocycles. The number of rotatable bonds is 4. The molecule has 2 heterocycles. The molecule has 6 heteroatoms. The monoisotopic (exact) mass is 344 g/mol. The Labute approximate surface area is 141 Å². The lowest BCUT2D eigenvalue weighted by Crippen LogP contribution is -2.49. The molecule has 2 aliphatic rings. The van der Waals surface area contributed by atoms with Crippen molar-refractivity contribution in [3.63, 3.8) is 0 Å². The summed E-state index contributed by atoms with van der Waals surface area (Å²) in [6, 6.07) is 2.47. The van der Waals surface area contributed by atoms with Crippen LogP contribution < -0.4 is 9.47 Å². The summed E-state index contributed by atoms with van der Waals surface area (Å²) in [5, 5.41) is 1.19. The zero-order chi connectivity index (χ0) is 15.7. The van der Waals surface area contributed by atoms with Gasteiger partial charge in [0.2, 0.25) is 0 Å². The van der Waals surface area contributed by atoms with E-state index in [0.717, 1.165) is 31.7 Å². The molecule has 1 aromatic carbocycles. The fourth-order valence-electron chi connectivity index (χ4n) is 3.53. The first-order chi connectivity index (χ1) is 10.6. The van der Waals surface area contributed by atoms with E-state index in [-0.39, 0.29) is 0 Å². The van der Waals surface area contributed by atoms with Gasteiger partial charge in [-0.3, -0.25) is 9.80 Å². The van der Waals surface area contributed by atoms with E-state index in [0.29, 0.717) is 27.6 Å². The maximum Gasteiger partial charge on any atom is 0.179 e. The van der Waals surface area contributed by atoms with Crippen molar-refractivity contribution >= 4 is 23.2 Å². The van der Waals surface area contributed by atoms with Crippen molar-refractivity contribution in [2.24, 2.45) is 0 Å². The number of hydrogen-bond donors (Lipinski definition) is 0. The second-order valence-corrected chi connectivity index (χ2v) is 6.74. The third-order valence-electron chi connectivity index (χ3n) is 4.71. The minimum Gasteiger partial charge on any atom is -0.493 e. The molecule has 0 aromatic heterocycles. The Bertz CT molecular complexity index is 553. The van der Waals surface area contributed by atoms with Crippen LogP contribution >= 0.6 is 23.2 Å². The van der Waals surface area contributed by atoms with Crippen molar-refractivity contribution in [2.45, 2.75) is 25.4 Å². The molecule has 2 aliphatic heterocycles. The van der Waals surface area contributed by atoms with Gasteiger partial charge >= 0.3 is 0 Å². The van der Waals surface area contributed by atoms with Gasteiger partial charge in [-0.05, 0) is 19.4 Å². The zero-order valence-electron chi connectivity index (χ0n) is 13.1. The van der Waals surface area contributed by atoms with Crippen LogP contribution in [0.4, 0.5) is 0 Å². The highest BCUT2D eigenvalue weighted by molar-refractivity contribution is 6.37. The summed E-state index contributed by atoms with van der Waals surface area (Å²) in [5.41, 5.74) is 0.924. The predicted molar refractivity (Wildman–Crippen MR) is 89.4 cm³/mol. The number of nitrogens with zero attached hydrogens (tertiary/aromatic N) is 2. The number of benzene rings is 1. The van der Waals surface area contributed by atoms with E-state index in [2.05, 4.69) is 9.80 Å². The van der Waals surface area contributed by atoms with E-state index in [1.165, 1.54) is 19.4 Å². The van der Waals surface area contributed by atoms with Gasteiger partial charge in [0, 0.05) is 43.9 Å². The van der Waals surface area contributed by atoms with Crippen LogP contribution in [0.5, 0.6) is 11.5 Å². The number of hydrogen-bond acceptors (Lipinski definition) is 4. The largest absolute Gasteiger partial charge is 0.493 e. The average Bonchev–Trinajstić information content (AvgIpc) is 2.98. The molecule has 0 spiro atoms. The van der Waals surface area contributed by atoms with Crippen LogP contribution in [0.25, 0.3) is 0 Å². The highest BCUT2D eigenvalue weighted by atomic mass is 35.5. The normalized spacial score (nSPS) is 22.6. The second kappa shape index (κ2) is 6.83. The number of methoxy groups -OCH3 is 2. The Morgan fingerprint density at radius 3 is 2.73 bits per heavy atom. The Kier molecular flexibility index (Phi) is 5.03. The molecular weight excluding hydrogens is 323 g/mol. The van der Waals surface area contributed by atoms with Crippen LogP contribution in [0.2, 0.25) is 10.0 Å². The number of fused-ring (bicyclic) bond motifs is 1. The number of ether oxygens (including phenoxy) is 2. The minimum absolute atomic E-state index is 0.556. The maximum atomic E-state index is 6.50. The molecule has 0 saturated carbocycles. The highest BCUT2D eigenvalue weighted by Crippen LogP contribution is 2.42. The third-order valence-corrected chi connectivity index (χ3v) is 5.45. The Morgan fingerprint density at radius 2 is 2.00 bits per heavy atom. The first kappa shape index (κ1) is 16.2. The van der Waals surface area contributed by atoms with E-state index in [9.17, 15) is 0 Å². The van der Waals surface area contributed by atoms with Gasteiger partial charge in [-0.15, -0.1) is 0 Å². The molecule has 3 rings (SSSR count). The van der Waals surface area contributed by atoms with Crippen LogP contribution in [0.15, 0.2) is 6.07 Å². The van der Waals surface area contributed by atoms with Crippen molar-refractivity contribution in [1.82, 2.24) is 9.80 Å². The smallest absolute Gasteiger partial charge is 0.179 e. The Morgan fingerprint density at radius 1 is 1.18 bits per heavy atom. The van der Waals surface area contributed by atoms with E-state index in [4.69, 9.17) is 32.7 Å². The van der Waals surface area contributed by atoms with Crippen LogP contribution in [0, 0.1) is 0 Å². The SMILES string of the molecule is COc1cc(Cl)c(CN2CCN3CCCC3C2)c(Cl)c1OC. The molecule has 0 radical (unpaired) electrons. The predicted octanol–water partition coefficient (Wildman–Crippen LogP) is 3.29. The standard InChI is InChI=1S/C16H22Cl2N2O2/c1-21-14-8-13(17)12(15(18)16(14)22-2)10-19-6-7-20-5-3-4-11(20)9-19/h8,11H,3-7,9-10H2,1-2H3. The molecule has 2 fully saturated rings. The van der Waals surface area contributed by atoms with Gasteiger partial charge in [0.25, 0.3) is 0 Å². The fraction of sp³-hybridized carbons (Fsp3) is 0.625. The summed E-state index contributed by atoms with van der Waals surface area (Å²) in [4.78, 5) is 5.03. The Balaban J connectivity index is 1.80. The lowest BCUT2D eigenvalue weighted by Gasteiger charge is -2.37.